The molecule has 1 heterocycles. The first-order valence-electron chi connectivity index (χ1n) is 6.19. The average Bonchev–Trinajstić information content (AvgIpc) is 2.18. The maximum atomic E-state index is 11.7. The number of carbonyl (C=O) groups is 1. The van der Waals surface area contributed by atoms with Crippen molar-refractivity contribution >= 4 is 6.09 Å². The molecule has 1 fully saturated rings. The second-order valence-electron chi connectivity index (χ2n) is 5.58. The summed E-state index contributed by atoms with van der Waals surface area (Å²) in [6, 6.07) is 0.116. The van der Waals surface area contributed by atoms with E-state index in [-0.39, 0.29) is 24.8 Å². The molecule has 1 amide bonds. The van der Waals surface area contributed by atoms with E-state index >= 15 is 0 Å². The lowest BCUT2D eigenvalue weighted by Gasteiger charge is -2.41. The van der Waals surface area contributed by atoms with Gasteiger partial charge in [-0.15, -0.1) is 0 Å². The van der Waals surface area contributed by atoms with E-state index in [1.54, 1.807) is 12.0 Å². The Bertz CT molecular complexity index is 272. The summed E-state index contributed by atoms with van der Waals surface area (Å²) >= 11 is 0. The predicted octanol–water partition coefficient (Wildman–Crippen LogP) is 0.203. The number of nitrogens with one attached hydrogen (secondary N) is 1. The highest BCUT2D eigenvalue weighted by atomic mass is 16.6. The van der Waals surface area contributed by atoms with Gasteiger partial charge in [0.05, 0.1) is 19.3 Å². The van der Waals surface area contributed by atoms with Gasteiger partial charge in [0.15, 0.2) is 0 Å². The highest BCUT2D eigenvalue weighted by molar-refractivity contribution is 5.69. The van der Waals surface area contributed by atoms with Crippen LogP contribution in [0.15, 0.2) is 0 Å². The Labute approximate surface area is 108 Å². The van der Waals surface area contributed by atoms with Crippen LogP contribution >= 0.6 is 0 Å². The summed E-state index contributed by atoms with van der Waals surface area (Å²) in [4.78, 5) is 13.3. The molecule has 0 saturated carbocycles. The zero-order valence-corrected chi connectivity index (χ0v) is 11.6. The SMILES string of the molecule is COCC(CO)NC1CN(C(=O)OC(C)(C)C)C1. The third-order valence-electron chi connectivity index (χ3n) is 2.59. The van der Waals surface area contributed by atoms with E-state index in [1.165, 1.54) is 0 Å². The number of aliphatic hydroxyl groups excluding tert-OH is 1. The first-order valence-corrected chi connectivity index (χ1v) is 6.19. The number of rotatable bonds is 5. The Balaban J connectivity index is 2.25. The summed E-state index contributed by atoms with van der Waals surface area (Å²) in [6.45, 7) is 7.24. The average molecular weight is 260 g/mol. The van der Waals surface area contributed by atoms with Gasteiger partial charge < -0.3 is 24.8 Å². The molecule has 1 aliphatic heterocycles. The molecular weight excluding hydrogens is 236 g/mol. The van der Waals surface area contributed by atoms with Gasteiger partial charge in [-0.25, -0.2) is 4.79 Å². The summed E-state index contributed by atoms with van der Waals surface area (Å²) in [5.74, 6) is 0. The number of methoxy groups -OCH3 is 1. The largest absolute Gasteiger partial charge is 0.444 e. The van der Waals surface area contributed by atoms with Crippen LogP contribution in [-0.4, -0.2) is 67.2 Å². The van der Waals surface area contributed by atoms with Crippen LogP contribution in [0.5, 0.6) is 0 Å². The molecule has 2 N–H and O–H groups in total. The zero-order valence-electron chi connectivity index (χ0n) is 11.6. The van der Waals surface area contributed by atoms with Crippen LogP contribution in [0, 0.1) is 0 Å². The van der Waals surface area contributed by atoms with Crippen LogP contribution in [0.4, 0.5) is 4.79 Å². The van der Waals surface area contributed by atoms with Crippen molar-refractivity contribution in [2.75, 3.05) is 33.4 Å². The Hall–Kier alpha value is -0.850. The summed E-state index contributed by atoms with van der Waals surface area (Å²) < 4.78 is 10.2. The van der Waals surface area contributed by atoms with Gasteiger partial charge >= 0.3 is 6.09 Å². The quantitative estimate of drug-likeness (QED) is 0.739. The summed E-state index contributed by atoms with van der Waals surface area (Å²) in [5.41, 5.74) is -0.459. The minimum Gasteiger partial charge on any atom is -0.444 e. The predicted molar refractivity (Wildman–Crippen MR) is 67.5 cm³/mol. The topological polar surface area (TPSA) is 71.0 Å². The van der Waals surface area contributed by atoms with Crippen molar-refractivity contribution in [1.82, 2.24) is 10.2 Å². The molecule has 0 aromatic rings. The first-order chi connectivity index (χ1) is 8.35. The number of likely N-dealkylation sites (tertiary alicyclic amines) is 1. The molecule has 6 heteroatoms. The number of nitrogens with zero attached hydrogens (tertiary/aromatic N) is 1. The fourth-order valence-corrected chi connectivity index (χ4v) is 1.75. The minimum absolute atomic E-state index is 0.0246. The van der Waals surface area contributed by atoms with Gasteiger partial charge in [0.2, 0.25) is 0 Å². The molecule has 0 spiro atoms. The smallest absolute Gasteiger partial charge is 0.410 e. The van der Waals surface area contributed by atoms with E-state index < -0.39 is 5.60 Å². The van der Waals surface area contributed by atoms with Gasteiger partial charge in [-0.2, -0.15) is 0 Å². The van der Waals surface area contributed by atoms with Crippen molar-refractivity contribution in [3.8, 4) is 0 Å². The standard InChI is InChI=1S/C12H24N2O4/c1-12(2,3)18-11(16)14-5-9(6-14)13-10(7-15)8-17-4/h9-10,13,15H,5-8H2,1-4H3. The summed E-state index contributed by atoms with van der Waals surface area (Å²) in [6.07, 6.45) is -0.284. The van der Waals surface area contributed by atoms with Gasteiger partial charge in [0.1, 0.15) is 5.60 Å². The fourth-order valence-electron chi connectivity index (χ4n) is 1.75. The van der Waals surface area contributed by atoms with Crippen LogP contribution < -0.4 is 5.32 Å². The monoisotopic (exact) mass is 260 g/mol. The third-order valence-corrected chi connectivity index (χ3v) is 2.59. The molecule has 1 aliphatic rings. The van der Waals surface area contributed by atoms with Crippen LogP contribution in [0.25, 0.3) is 0 Å². The van der Waals surface area contributed by atoms with E-state index in [2.05, 4.69) is 5.32 Å². The maximum Gasteiger partial charge on any atom is 0.410 e. The Kier molecular flexibility index (Phi) is 5.37. The normalized spacial score (nSPS) is 18.4. The van der Waals surface area contributed by atoms with E-state index in [4.69, 9.17) is 14.6 Å². The molecular formula is C12H24N2O4. The molecule has 6 nitrogen and oxygen atoms in total. The van der Waals surface area contributed by atoms with E-state index in [0.717, 1.165) is 0 Å². The molecule has 1 atom stereocenters. The molecule has 0 aromatic carbocycles. The molecule has 0 aromatic heterocycles. The number of carbonyl (C=O) groups excluding carboxylic acids is 1. The summed E-state index contributed by atoms with van der Waals surface area (Å²) in [5, 5.41) is 12.3. The van der Waals surface area contributed by atoms with Crippen LogP contribution in [0.1, 0.15) is 20.8 Å². The van der Waals surface area contributed by atoms with Crippen LogP contribution in [-0.2, 0) is 9.47 Å². The Morgan fingerprint density at radius 1 is 1.50 bits per heavy atom. The second-order valence-corrected chi connectivity index (χ2v) is 5.58. The van der Waals surface area contributed by atoms with Gasteiger partial charge in [-0.1, -0.05) is 0 Å². The van der Waals surface area contributed by atoms with Crippen molar-refractivity contribution in [2.45, 2.75) is 38.5 Å². The fraction of sp³-hybridized carbons (Fsp3) is 0.917. The number of amides is 1. The van der Waals surface area contributed by atoms with Crippen molar-refractivity contribution < 1.29 is 19.4 Å². The molecule has 1 rings (SSSR count). The lowest BCUT2D eigenvalue weighted by molar-refractivity contribution is 0.00157. The Morgan fingerprint density at radius 2 is 2.11 bits per heavy atom. The van der Waals surface area contributed by atoms with Crippen molar-refractivity contribution in [3.63, 3.8) is 0 Å². The third kappa shape index (κ3) is 4.80. The van der Waals surface area contributed by atoms with Gasteiger partial charge in [-0.05, 0) is 20.8 Å². The molecule has 0 aliphatic carbocycles. The summed E-state index contributed by atoms with van der Waals surface area (Å²) in [7, 11) is 1.60. The molecule has 18 heavy (non-hydrogen) atoms. The Morgan fingerprint density at radius 3 is 2.56 bits per heavy atom. The minimum atomic E-state index is -0.459. The van der Waals surface area contributed by atoms with Crippen molar-refractivity contribution in [3.05, 3.63) is 0 Å². The zero-order chi connectivity index (χ0) is 13.8. The second kappa shape index (κ2) is 6.36. The van der Waals surface area contributed by atoms with Crippen LogP contribution in [0.3, 0.4) is 0 Å². The van der Waals surface area contributed by atoms with Gasteiger partial charge in [0, 0.05) is 26.2 Å². The van der Waals surface area contributed by atoms with Gasteiger partial charge in [0.25, 0.3) is 0 Å². The number of hydrogen-bond acceptors (Lipinski definition) is 5. The number of aliphatic hydroxyl groups is 1. The number of hydrogen-bond donors (Lipinski definition) is 2. The van der Waals surface area contributed by atoms with Crippen LogP contribution in [0.2, 0.25) is 0 Å². The molecule has 1 saturated heterocycles. The van der Waals surface area contributed by atoms with E-state index in [9.17, 15) is 4.79 Å². The molecule has 0 bridgehead atoms. The molecule has 1 unspecified atom stereocenters. The van der Waals surface area contributed by atoms with Crippen molar-refractivity contribution in [1.29, 1.82) is 0 Å². The highest BCUT2D eigenvalue weighted by Gasteiger charge is 2.34. The van der Waals surface area contributed by atoms with Crippen molar-refractivity contribution in [2.24, 2.45) is 0 Å². The van der Waals surface area contributed by atoms with Gasteiger partial charge in [-0.3, -0.25) is 0 Å². The van der Waals surface area contributed by atoms with E-state index in [1.807, 2.05) is 20.8 Å². The highest BCUT2D eigenvalue weighted by Crippen LogP contribution is 2.15. The molecule has 0 radical (unpaired) electrons. The number of ether oxygens (including phenoxy) is 2. The van der Waals surface area contributed by atoms with E-state index in [0.29, 0.717) is 19.7 Å². The lowest BCUT2D eigenvalue weighted by Crippen LogP contribution is -2.63. The first kappa shape index (κ1) is 15.2. The lowest BCUT2D eigenvalue weighted by atomic mass is 10.1. The maximum absolute atomic E-state index is 11.7. The molecule has 106 valence electrons.